The van der Waals surface area contributed by atoms with Crippen LogP contribution < -0.4 is 0 Å². The Hall–Kier alpha value is 0.0100. The van der Waals surface area contributed by atoms with Gasteiger partial charge in [-0.25, -0.2) is 0 Å². The largest absolute Gasteiger partial charge is 0.395 e. The van der Waals surface area contributed by atoms with E-state index >= 15 is 0 Å². The molecule has 13 heavy (non-hydrogen) atoms. The number of aliphatic hydroxyl groups excluding tert-OH is 1. The lowest BCUT2D eigenvalue weighted by molar-refractivity contribution is 0.209. The summed E-state index contributed by atoms with van der Waals surface area (Å²) in [5.74, 6) is 2.41. The van der Waals surface area contributed by atoms with Gasteiger partial charge in [-0.15, -0.1) is 6.58 Å². The highest BCUT2D eigenvalue weighted by molar-refractivity contribution is 7.99. The van der Waals surface area contributed by atoms with Crippen molar-refractivity contribution in [3.63, 3.8) is 0 Å². The van der Waals surface area contributed by atoms with E-state index in [4.69, 9.17) is 5.11 Å². The third-order valence-electron chi connectivity index (χ3n) is 1.77. The number of nitrogens with zero attached hydrogens (tertiary/aromatic N) is 1. The van der Waals surface area contributed by atoms with Crippen molar-refractivity contribution in [3.05, 3.63) is 12.7 Å². The minimum atomic E-state index is 0.245. The van der Waals surface area contributed by atoms with Crippen LogP contribution in [0.5, 0.6) is 0 Å². The monoisotopic (exact) mass is 203 g/mol. The normalized spacial score (nSPS) is 10.7. The molecule has 78 valence electrons. The lowest BCUT2D eigenvalue weighted by atomic mass is 10.4. The first-order chi connectivity index (χ1) is 6.35. The Bertz CT molecular complexity index is 119. The van der Waals surface area contributed by atoms with Gasteiger partial charge in [0.1, 0.15) is 0 Å². The molecule has 0 atom stereocenters. The molecule has 0 fully saturated rings. The van der Waals surface area contributed by atoms with Crippen LogP contribution in [0.4, 0.5) is 0 Å². The van der Waals surface area contributed by atoms with Gasteiger partial charge >= 0.3 is 0 Å². The first kappa shape index (κ1) is 13.0. The van der Waals surface area contributed by atoms with Crippen molar-refractivity contribution in [2.24, 2.45) is 0 Å². The third kappa shape index (κ3) is 8.34. The Morgan fingerprint density at radius 3 is 2.77 bits per heavy atom. The van der Waals surface area contributed by atoms with Crippen LogP contribution in [0.25, 0.3) is 0 Å². The molecule has 0 rings (SSSR count). The van der Waals surface area contributed by atoms with Crippen LogP contribution in [0, 0.1) is 0 Å². The summed E-state index contributed by atoms with van der Waals surface area (Å²) in [6.07, 6.45) is 3.09. The van der Waals surface area contributed by atoms with Gasteiger partial charge in [0.15, 0.2) is 0 Å². The highest BCUT2D eigenvalue weighted by Crippen LogP contribution is 2.02. The molecular weight excluding hydrogens is 182 g/mol. The maximum Gasteiger partial charge on any atom is 0.0558 e. The average molecular weight is 203 g/mol. The second-order valence-corrected chi connectivity index (χ2v) is 4.26. The SMILES string of the molecule is C=CCN(CCO)CCCSCC. The molecule has 0 saturated carbocycles. The second kappa shape index (κ2) is 10.1. The highest BCUT2D eigenvalue weighted by atomic mass is 32.2. The summed E-state index contributed by atoms with van der Waals surface area (Å²) < 4.78 is 0. The van der Waals surface area contributed by atoms with E-state index in [1.807, 2.05) is 17.8 Å². The standard InChI is InChI=1S/C10H21NOS/c1-3-6-11(8-9-12)7-5-10-13-4-2/h3,12H,1,4-10H2,2H3. The molecule has 0 aromatic heterocycles. The lowest BCUT2D eigenvalue weighted by Gasteiger charge is -2.18. The predicted molar refractivity (Wildman–Crippen MR) is 61.3 cm³/mol. The summed E-state index contributed by atoms with van der Waals surface area (Å²) in [6, 6.07) is 0. The van der Waals surface area contributed by atoms with Gasteiger partial charge in [-0.05, 0) is 24.5 Å². The zero-order valence-corrected chi connectivity index (χ0v) is 9.35. The highest BCUT2D eigenvalue weighted by Gasteiger charge is 2.00. The summed E-state index contributed by atoms with van der Waals surface area (Å²) >= 11 is 1.97. The Labute approximate surface area is 86.0 Å². The zero-order valence-electron chi connectivity index (χ0n) is 8.54. The van der Waals surface area contributed by atoms with Crippen LogP contribution >= 0.6 is 11.8 Å². The van der Waals surface area contributed by atoms with Crippen molar-refractivity contribution in [2.45, 2.75) is 13.3 Å². The average Bonchev–Trinajstić information content (AvgIpc) is 2.13. The quantitative estimate of drug-likeness (QED) is 0.455. The van der Waals surface area contributed by atoms with E-state index in [9.17, 15) is 0 Å². The van der Waals surface area contributed by atoms with Gasteiger partial charge in [-0.3, -0.25) is 4.90 Å². The fourth-order valence-electron chi connectivity index (χ4n) is 1.15. The summed E-state index contributed by atoms with van der Waals surface area (Å²) in [7, 11) is 0. The molecule has 0 aliphatic heterocycles. The van der Waals surface area contributed by atoms with E-state index in [2.05, 4.69) is 18.4 Å². The fourth-order valence-corrected chi connectivity index (χ4v) is 1.77. The number of hydrogen-bond acceptors (Lipinski definition) is 3. The topological polar surface area (TPSA) is 23.5 Å². The Kier molecular flexibility index (Phi) is 10.1. The van der Waals surface area contributed by atoms with E-state index in [1.54, 1.807) is 0 Å². The Morgan fingerprint density at radius 1 is 1.46 bits per heavy atom. The van der Waals surface area contributed by atoms with Gasteiger partial charge in [0, 0.05) is 13.1 Å². The summed E-state index contributed by atoms with van der Waals surface area (Å²) in [5, 5.41) is 8.78. The van der Waals surface area contributed by atoms with E-state index in [0.717, 1.165) is 19.6 Å². The van der Waals surface area contributed by atoms with Crippen molar-refractivity contribution >= 4 is 11.8 Å². The van der Waals surface area contributed by atoms with Crippen molar-refractivity contribution in [1.29, 1.82) is 0 Å². The van der Waals surface area contributed by atoms with Gasteiger partial charge in [0.25, 0.3) is 0 Å². The van der Waals surface area contributed by atoms with Gasteiger partial charge < -0.3 is 5.11 Å². The van der Waals surface area contributed by atoms with Gasteiger partial charge in [0.2, 0.25) is 0 Å². The Morgan fingerprint density at radius 2 is 2.23 bits per heavy atom. The molecular formula is C10H21NOS. The van der Waals surface area contributed by atoms with E-state index in [0.29, 0.717) is 0 Å². The van der Waals surface area contributed by atoms with Crippen LogP contribution in [0.1, 0.15) is 13.3 Å². The minimum Gasteiger partial charge on any atom is -0.395 e. The fraction of sp³-hybridized carbons (Fsp3) is 0.800. The third-order valence-corrected chi connectivity index (χ3v) is 2.76. The lowest BCUT2D eigenvalue weighted by Crippen LogP contribution is -2.28. The molecule has 0 aromatic carbocycles. The molecule has 0 bridgehead atoms. The van der Waals surface area contributed by atoms with Crippen molar-refractivity contribution < 1.29 is 5.11 Å². The summed E-state index contributed by atoms with van der Waals surface area (Å²) in [4.78, 5) is 2.23. The second-order valence-electron chi connectivity index (χ2n) is 2.86. The molecule has 0 amide bonds. The van der Waals surface area contributed by atoms with Crippen LogP contribution in [0.3, 0.4) is 0 Å². The van der Waals surface area contributed by atoms with E-state index in [1.165, 1.54) is 17.9 Å². The van der Waals surface area contributed by atoms with Gasteiger partial charge in [-0.2, -0.15) is 11.8 Å². The van der Waals surface area contributed by atoms with Gasteiger partial charge in [-0.1, -0.05) is 13.0 Å². The predicted octanol–water partition coefficient (Wildman–Crippen LogP) is 1.61. The summed E-state index contributed by atoms with van der Waals surface area (Å²) in [6.45, 7) is 8.85. The molecule has 3 heteroatoms. The number of thioether (sulfide) groups is 1. The number of hydrogen-bond donors (Lipinski definition) is 1. The molecule has 0 radical (unpaired) electrons. The van der Waals surface area contributed by atoms with Crippen molar-refractivity contribution in [1.82, 2.24) is 4.90 Å². The Balaban J connectivity index is 3.38. The molecule has 0 aromatic rings. The minimum absolute atomic E-state index is 0.245. The smallest absolute Gasteiger partial charge is 0.0558 e. The molecule has 0 spiro atoms. The molecule has 0 aliphatic rings. The first-order valence-corrected chi connectivity index (χ1v) is 6.02. The van der Waals surface area contributed by atoms with Crippen molar-refractivity contribution in [3.8, 4) is 0 Å². The summed E-state index contributed by atoms with van der Waals surface area (Å²) in [5.41, 5.74) is 0. The molecule has 0 aliphatic carbocycles. The van der Waals surface area contributed by atoms with Crippen LogP contribution in [-0.4, -0.2) is 47.8 Å². The molecule has 0 heterocycles. The van der Waals surface area contributed by atoms with Crippen LogP contribution in [-0.2, 0) is 0 Å². The van der Waals surface area contributed by atoms with E-state index < -0.39 is 0 Å². The molecule has 0 unspecified atom stereocenters. The van der Waals surface area contributed by atoms with Crippen molar-refractivity contribution in [2.75, 3.05) is 37.7 Å². The zero-order chi connectivity index (χ0) is 9.94. The molecule has 2 nitrogen and oxygen atoms in total. The van der Waals surface area contributed by atoms with Crippen LogP contribution in [0.15, 0.2) is 12.7 Å². The maximum absolute atomic E-state index is 8.78. The van der Waals surface area contributed by atoms with Gasteiger partial charge in [0.05, 0.1) is 6.61 Å². The molecule has 1 N–H and O–H groups in total. The maximum atomic E-state index is 8.78. The van der Waals surface area contributed by atoms with Crippen LogP contribution in [0.2, 0.25) is 0 Å². The van der Waals surface area contributed by atoms with E-state index in [-0.39, 0.29) is 6.61 Å². The molecule has 0 saturated heterocycles. The number of aliphatic hydroxyl groups is 1. The first-order valence-electron chi connectivity index (χ1n) is 4.87. The number of rotatable bonds is 9.